The van der Waals surface area contributed by atoms with Crippen molar-refractivity contribution in [2.24, 2.45) is 0 Å². The zero-order valence-electron chi connectivity index (χ0n) is 9.34. The Balaban J connectivity index is 2.14. The Hall–Kier alpha value is -1.70. The first kappa shape index (κ1) is 10.5. The third-order valence-corrected chi connectivity index (χ3v) is 3.44. The van der Waals surface area contributed by atoms with Crippen LogP contribution in [0.4, 0.5) is 8.78 Å². The molecule has 1 aliphatic rings. The van der Waals surface area contributed by atoms with E-state index in [9.17, 15) is 8.78 Å². The van der Waals surface area contributed by atoms with Gasteiger partial charge in [-0.2, -0.15) is 0 Å². The van der Waals surface area contributed by atoms with Gasteiger partial charge in [0.05, 0.1) is 0 Å². The SMILES string of the molecule is Fc1cccc2c1CCc1c(F)cccc1C2. The van der Waals surface area contributed by atoms with Crippen LogP contribution in [0.5, 0.6) is 0 Å². The maximum absolute atomic E-state index is 13.7. The maximum Gasteiger partial charge on any atom is 0.126 e. The van der Waals surface area contributed by atoms with Crippen molar-refractivity contribution in [3.05, 3.63) is 70.3 Å². The van der Waals surface area contributed by atoms with E-state index in [1.165, 1.54) is 12.1 Å². The second-order valence-corrected chi connectivity index (χ2v) is 4.43. The monoisotopic (exact) mass is 230 g/mol. The molecule has 0 amide bonds. The minimum absolute atomic E-state index is 0.171. The first-order valence-corrected chi connectivity index (χ1v) is 5.78. The molecular weight excluding hydrogens is 218 g/mol. The molecular formula is C15H12F2. The normalized spacial score (nSPS) is 13.8. The molecule has 0 spiro atoms. The van der Waals surface area contributed by atoms with Gasteiger partial charge in [-0.15, -0.1) is 0 Å². The second kappa shape index (κ2) is 3.95. The first-order chi connectivity index (χ1) is 8.25. The van der Waals surface area contributed by atoms with Crippen LogP contribution in [0.1, 0.15) is 22.3 Å². The van der Waals surface area contributed by atoms with E-state index >= 15 is 0 Å². The summed E-state index contributed by atoms with van der Waals surface area (Å²) in [7, 11) is 0. The lowest BCUT2D eigenvalue weighted by Gasteiger charge is -2.06. The Kier molecular flexibility index (Phi) is 2.43. The van der Waals surface area contributed by atoms with Crippen molar-refractivity contribution in [2.75, 3.05) is 0 Å². The van der Waals surface area contributed by atoms with E-state index in [4.69, 9.17) is 0 Å². The molecule has 0 unspecified atom stereocenters. The van der Waals surface area contributed by atoms with Crippen molar-refractivity contribution in [3.63, 3.8) is 0 Å². The summed E-state index contributed by atoms with van der Waals surface area (Å²) in [6, 6.07) is 10.3. The van der Waals surface area contributed by atoms with Crippen LogP contribution < -0.4 is 0 Å². The molecule has 0 saturated carbocycles. The van der Waals surface area contributed by atoms with Gasteiger partial charge in [-0.05, 0) is 53.6 Å². The van der Waals surface area contributed by atoms with Crippen LogP contribution in [0.3, 0.4) is 0 Å². The topological polar surface area (TPSA) is 0 Å². The van der Waals surface area contributed by atoms with Crippen LogP contribution in [0.25, 0.3) is 0 Å². The molecule has 0 radical (unpaired) electrons. The van der Waals surface area contributed by atoms with Crippen LogP contribution in [0.15, 0.2) is 36.4 Å². The summed E-state index contributed by atoms with van der Waals surface area (Å²) in [6.45, 7) is 0. The van der Waals surface area contributed by atoms with Crippen LogP contribution in [0.2, 0.25) is 0 Å². The number of hydrogen-bond donors (Lipinski definition) is 0. The van der Waals surface area contributed by atoms with Gasteiger partial charge in [0.15, 0.2) is 0 Å². The number of rotatable bonds is 0. The van der Waals surface area contributed by atoms with E-state index in [-0.39, 0.29) is 11.6 Å². The lowest BCUT2D eigenvalue weighted by atomic mass is 10.00. The Labute approximate surface area is 98.9 Å². The fourth-order valence-corrected chi connectivity index (χ4v) is 2.55. The molecule has 2 aromatic rings. The van der Waals surface area contributed by atoms with Gasteiger partial charge in [0.2, 0.25) is 0 Å². The third-order valence-electron chi connectivity index (χ3n) is 3.44. The van der Waals surface area contributed by atoms with Crippen LogP contribution in [-0.4, -0.2) is 0 Å². The third kappa shape index (κ3) is 1.74. The van der Waals surface area contributed by atoms with Crippen molar-refractivity contribution in [3.8, 4) is 0 Å². The van der Waals surface area contributed by atoms with Crippen molar-refractivity contribution >= 4 is 0 Å². The van der Waals surface area contributed by atoms with Crippen molar-refractivity contribution in [2.45, 2.75) is 19.3 Å². The summed E-state index contributed by atoms with van der Waals surface area (Å²) in [5.41, 5.74) is 3.44. The Morgan fingerprint density at radius 3 is 1.65 bits per heavy atom. The Morgan fingerprint density at radius 2 is 1.18 bits per heavy atom. The average molecular weight is 230 g/mol. The number of halogens is 2. The van der Waals surface area contributed by atoms with Crippen molar-refractivity contribution in [1.82, 2.24) is 0 Å². The van der Waals surface area contributed by atoms with Crippen molar-refractivity contribution in [1.29, 1.82) is 0 Å². The van der Waals surface area contributed by atoms with E-state index < -0.39 is 0 Å². The molecule has 86 valence electrons. The smallest absolute Gasteiger partial charge is 0.126 e. The molecule has 2 heteroatoms. The molecule has 0 atom stereocenters. The van der Waals surface area contributed by atoms with E-state index in [1.807, 2.05) is 12.1 Å². The highest BCUT2D eigenvalue weighted by atomic mass is 19.1. The van der Waals surface area contributed by atoms with Gasteiger partial charge < -0.3 is 0 Å². The highest BCUT2D eigenvalue weighted by Gasteiger charge is 2.17. The molecule has 0 nitrogen and oxygen atoms in total. The molecule has 0 aromatic heterocycles. The molecule has 1 aliphatic carbocycles. The lowest BCUT2D eigenvalue weighted by Crippen LogP contribution is -1.96. The van der Waals surface area contributed by atoms with Gasteiger partial charge in [-0.25, -0.2) is 8.78 Å². The van der Waals surface area contributed by atoms with Gasteiger partial charge in [-0.1, -0.05) is 24.3 Å². The zero-order chi connectivity index (χ0) is 11.8. The molecule has 0 saturated heterocycles. The molecule has 0 bridgehead atoms. The van der Waals surface area contributed by atoms with E-state index in [0.717, 1.165) is 22.3 Å². The van der Waals surface area contributed by atoms with Gasteiger partial charge in [0.25, 0.3) is 0 Å². The first-order valence-electron chi connectivity index (χ1n) is 5.78. The number of benzene rings is 2. The van der Waals surface area contributed by atoms with E-state index in [1.54, 1.807) is 12.1 Å². The molecule has 3 rings (SSSR count). The largest absolute Gasteiger partial charge is 0.207 e. The van der Waals surface area contributed by atoms with Crippen LogP contribution >= 0.6 is 0 Å². The quantitative estimate of drug-likeness (QED) is 0.648. The van der Waals surface area contributed by atoms with E-state index in [2.05, 4.69) is 0 Å². The molecule has 0 fully saturated rings. The van der Waals surface area contributed by atoms with Crippen molar-refractivity contribution < 1.29 is 8.78 Å². The number of hydrogen-bond acceptors (Lipinski definition) is 0. The molecule has 0 aliphatic heterocycles. The maximum atomic E-state index is 13.7. The summed E-state index contributed by atoms with van der Waals surface area (Å²) in [6.07, 6.45) is 1.78. The fraction of sp³-hybridized carbons (Fsp3) is 0.200. The predicted molar refractivity (Wildman–Crippen MR) is 63.0 cm³/mol. The summed E-state index contributed by atoms with van der Waals surface area (Å²) < 4.78 is 27.4. The Bertz CT molecular complexity index is 522. The summed E-state index contributed by atoms with van der Waals surface area (Å²) in [5, 5.41) is 0. The van der Waals surface area contributed by atoms with Gasteiger partial charge in [0.1, 0.15) is 11.6 Å². The van der Waals surface area contributed by atoms with Gasteiger partial charge in [0, 0.05) is 0 Å². The van der Waals surface area contributed by atoms with Crippen LogP contribution in [0, 0.1) is 11.6 Å². The van der Waals surface area contributed by atoms with Gasteiger partial charge >= 0.3 is 0 Å². The summed E-state index contributed by atoms with van der Waals surface area (Å²) >= 11 is 0. The zero-order valence-corrected chi connectivity index (χ0v) is 9.34. The lowest BCUT2D eigenvalue weighted by molar-refractivity contribution is 0.596. The Morgan fingerprint density at radius 1 is 0.706 bits per heavy atom. The molecule has 17 heavy (non-hydrogen) atoms. The highest BCUT2D eigenvalue weighted by Crippen LogP contribution is 2.27. The summed E-state index contributed by atoms with van der Waals surface area (Å²) in [4.78, 5) is 0. The standard InChI is InChI=1S/C15H12F2/c16-14-5-1-3-10-9-11-4-2-6-15(17)13(11)8-7-12(10)14/h1-6H,7-9H2. The average Bonchev–Trinajstić information content (AvgIpc) is 2.50. The predicted octanol–water partition coefficient (Wildman–Crippen LogP) is 3.65. The molecule has 2 aromatic carbocycles. The minimum atomic E-state index is -0.171. The molecule has 0 heterocycles. The van der Waals surface area contributed by atoms with Crippen LogP contribution in [-0.2, 0) is 19.3 Å². The molecule has 0 N–H and O–H groups in total. The summed E-state index contributed by atoms with van der Waals surface area (Å²) in [5.74, 6) is -0.341. The van der Waals surface area contributed by atoms with Gasteiger partial charge in [-0.3, -0.25) is 0 Å². The minimum Gasteiger partial charge on any atom is -0.207 e. The highest BCUT2D eigenvalue weighted by molar-refractivity contribution is 5.41. The van der Waals surface area contributed by atoms with E-state index in [0.29, 0.717) is 19.3 Å². The number of fused-ring (bicyclic) bond motifs is 2. The second-order valence-electron chi connectivity index (χ2n) is 4.43. The fourth-order valence-electron chi connectivity index (χ4n) is 2.55.